The second kappa shape index (κ2) is 10.8. The summed E-state index contributed by atoms with van der Waals surface area (Å²) in [4.78, 5) is 39.2. The molecule has 0 fully saturated rings. The highest BCUT2D eigenvalue weighted by atomic mass is 16.6. The monoisotopic (exact) mass is 537 g/mol. The Morgan fingerprint density at radius 1 is 0.725 bits per heavy atom. The van der Waals surface area contributed by atoms with Crippen LogP contribution in [-0.2, 0) is 9.59 Å². The zero-order chi connectivity index (χ0) is 28.6. The number of hydrazone groups is 2. The highest BCUT2D eigenvalue weighted by Crippen LogP contribution is 2.44. The van der Waals surface area contributed by atoms with Crippen LogP contribution in [0.3, 0.4) is 0 Å². The molecule has 2 aliphatic rings. The van der Waals surface area contributed by atoms with Crippen molar-refractivity contribution in [3.05, 3.63) is 99.6 Å². The lowest BCUT2D eigenvalue weighted by Crippen LogP contribution is -2.40. The third kappa shape index (κ3) is 4.79. The van der Waals surface area contributed by atoms with Gasteiger partial charge in [0.05, 0.1) is 39.6 Å². The predicted octanol–water partition coefficient (Wildman–Crippen LogP) is 6.15. The zero-order valence-corrected chi connectivity index (χ0v) is 22.9. The largest absolute Gasteiger partial charge is 0.272 e. The van der Waals surface area contributed by atoms with E-state index in [9.17, 15) is 19.7 Å². The molecule has 2 atom stereocenters. The average Bonchev–Trinajstić information content (AvgIpc) is 3.46. The lowest BCUT2D eigenvalue weighted by molar-refractivity contribution is -0.384. The van der Waals surface area contributed by atoms with Crippen LogP contribution in [0.15, 0.2) is 83.0 Å². The molecule has 9 nitrogen and oxygen atoms in total. The Balaban J connectivity index is 1.61. The minimum atomic E-state index is -0.739. The van der Waals surface area contributed by atoms with Crippen molar-refractivity contribution in [2.45, 2.75) is 46.5 Å². The molecule has 0 spiro atoms. The fraction of sp³-hybridized carbons (Fsp3) is 0.290. The molecular formula is C31H31N5O4. The number of hydrogen-bond acceptors (Lipinski definition) is 6. The smallest absolute Gasteiger partial charge is 0.269 e. The van der Waals surface area contributed by atoms with Gasteiger partial charge in [0.25, 0.3) is 17.5 Å². The van der Waals surface area contributed by atoms with Crippen LogP contribution in [0.1, 0.15) is 49.3 Å². The fourth-order valence-electron chi connectivity index (χ4n) is 5.47. The number of amides is 2. The summed E-state index contributed by atoms with van der Waals surface area (Å²) in [5.74, 6) is -2.60. The summed E-state index contributed by atoms with van der Waals surface area (Å²) < 4.78 is 0. The van der Waals surface area contributed by atoms with Crippen LogP contribution in [-0.4, -0.2) is 28.2 Å². The summed E-state index contributed by atoms with van der Waals surface area (Å²) in [6.07, 6.45) is 1.01. The van der Waals surface area contributed by atoms with E-state index in [0.717, 1.165) is 11.1 Å². The number of rotatable bonds is 8. The Hall–Kier alpha value is -4.66. The van der Waals surface area contributed by atoms with Crippen LogP contribution in [0.4, 0.5) is 17.1 Å². The van der Waals surface area contributed by atoms with Gasteiger partial charge in [-0.15, -0.1) is 0 Å². The molecule has 0 N–H and O–H groups in total. The van der Waals surface area contributed by atoms with Crippen molar-refractivity contribution >= 4 is 40.3 Å². The Kier molecular flexibility index (Phi) is 7.30. The summed E-state index contributed by atoms with van der Waals surface area (Å²) in [6.45, 7) is 7.82. The first-order valence-corrected chi connectivity index (χ1v) is 13.4. The summed E-state index contributed by atoms with van der Waals surface area (Å²) in [5, 5.41) is 23.7. The number of nitro benzene ring substituents is 1. The first-order chi connectivity index (χ1) is 19.2. The molecule has 0 bridgehead atoms. The van der Waals surface area contributed by atoms with E-state index in [1.54, 1.807) is 12.1 Å². The molecule has 0 saturated carbocycles. The molecule has 3 aromatic rings. The van der Waals surface area contributed by atoms with Crippen LogP contribution in [0.2, 0.25) is 0 Å². The van der Waals surface area contributed by atoms with Crippen molar-refractivity contribution in [2.24, 2.45) is 22.0 Å². The van der Waals surface area contributed by atoms with Gasteiger partial charge in [-0.3, -0.25) is 19.7 Å². The fourth-order valence-corrected chi connectivity index (χ4v) is 5.47. The van der Waals surface area contributed by atoms with E-state index in [0.29, 0.717) is 41.2 Å². The van der Waals surface area contributed by atoms with Gasteiger partial charge in [0.15, 0.2) is 0 Å². The van der Waals surface area contributed by atoms with Gasteiger partial charge in [0.1, 0.15) is 0 Å². The van der Waals surface area contributed by atoms with Crippen LogP contribution in [0.25, 0.3) is 0 Å². The van der Waals surface area contributed by atoms with Gasteiger partial charge in [-0.25, -0.2) is 10.0 Å². The molecule has 0 aliphatic carbocycles. The molecule has 204 valence electrons. The lowest BCUT2D eigenvalue weighted by Gasteiger charge is -2.29. The van der Waals surface area contributed by atoms with E-state index >= 15 is 0 Å². The van der Waals surface area contributed by atoms with Gasteiger partial charge in [-0.2, -0.15) is 10.2 Å². The van der Waals surface area contributed by atoms with Gasteiger partial charge in [-0.1, -0.05) is 61.4 Å². The van der Waals surface area contributed by atoms with E-state index in [1.807, 2.05) is 76.2 Å². The van der Waals surface area contributed by atoms with Crippen molar-refractivity contribution in [3.63, 3.8) is 0 Å². The molecule has 0 saturated heterocycles. The van der Waals surface area contributed by atoms with Gasteiger partial charge in [0, 0.05) is 18.1 Å². The third-order valence-corrected chi connectivity index (χ3v) is 7.61. The van der Waals surface area contributed by atoms with Gasteiger partial charge in [0.2, 0.25) is 0 Å². The van der Waals surface area contributed by atoms with Crippen molar-refractivity contribution in [2.75, 3.05) is 10.0 Å². The maximum Gasteiger partial charge on any atom is 0.269 e. The molecule has 2 unspecified atom stereocenters. The van der Waals surface area contributed by atoms with Crippen molar-refractivity contribution in [1.82, 2.24) is 0 Å². The minimum Gasteiger partial charge on any atom is -0.272 e. The normalized spacial score (nSPS) is 19.6. The third-order valence-electron chi connectivity index (χ3n) is 7.61. The summed E-state index contributed by atoms with van der Waals surface area (Å²) in [7, 11) is 0. The van der Waals surface area contributed by atoms with Gasteiger partial charge >= 0.3 is 0 Å². The summed E-state index contributed by atoms with van der Waals surface area (Å²) >= 11 is 0. The standard InChI is InChI=1S/C31H31N5O4/c1-5-25-28(30(37)34(32-25)22-13-7-19(3)8-14-22)27(21-11-17-24(18-12-21)36(39)40)29-26(6-2)33-35(31(29)38)23-15-9-20(4)10-16-23/h7-18,27-29H,5-6H2,1-4H3. The minimum absolute atomic E-state index is 0.0608. The van der Waals surface area contributed by atoms with E-state index in [2.05, 4.69) is 0 Å². The number of carbonyl (C=O) groups is 2. The lowest BCUT2D eigenvalue weighted by atomic mass is 9.71. The SMILES string of the molecule is CCC1=NN(c2ccc(C)cc2)C(=O)C1C(c1ccc([N+](=O)[O-])cc1)C1C(=O)N(c2ccc(C)cc2)N=C1CC. The Labute approximate surface area is 233 Å². The van der Waals surface area contributed by atoms with E-state index in [-0.39, 0.29) is 17.5 Å². The average molecular weight is 538 g/mol. The molecule has 2 heterocycles. The van der Waals surface area contributed by atoms with Crippen LogP contribution in [0, 0.1) is 35.8 Å². The Morgan fingerprint density at radius 3 is 1.48 bits per heavy atom. The van der Waals surface area contributed by atoms with E-state index in [1.165, 1.54) is 22.2 Å². The highest BCUT2D eigenvalue weighted by Gasteiger charge is 2.51. The van der Waals surface area contributed by atoms with Crippen LogP contribution >= 0.6 is 0 Å². The molecule has 40 heavy (non-hydrogen) atoms. The molecule has 5 rings (SSSR count). The Morgan fingerprint density at radius 2 is 1.12 bits per heavy atom. The van der Waals surface area contributed by atoms with Crippen LogP contribution < -0.4 is 10.0 Å². The number of carbonyl (C=O) groups excluding carboxylic acids is 2. The highest BCUT2D eigenvalue weighted by molar-refractivity contribution is 6.20. The van der Waals surface area contributed by atoms with Crippen molar-refractivity contribution in [1.29, 1.82) is 0 Å². The maximum absolute atomic E-state index is 14.1. The summed E-state index contributed by atoms with van der Waals surface area (Å²) in [5.41, 5.74) is 5.33. The number of aryl methyl sites for hydroxylation is 2. The molecule has 2 amide bonds. The van der Waals surface area contributed by atoms with E-state index < -0.39 is 22.7 Å². The number of hydrogen-bond donors (Lipinski definition) is 0. The molecule has 9 heteroatoms. The molecular weight excluding hydrogens is 506 g/mol. The number of non-ortho nitro benzene ring substituents is 1. The molecule has 0 radical (unpaired) electrons. The van der Waals surface area contributed by atoms with Crippen molar-refractivity contribution in [3.8, 4) is 0 Å². The second-order valence-corrected chi connectivity index (χ2v) is 10.2. The number of benzene rings is 3. The van der Waals surface area contributed by atoms with Crippen molar-refractivity contribution < 1.29 is 14.5 Å². The van der Waals surface area contributed by atoms with E-state index in [4.69, 9.17) is 10.2 Å². The van der Waals surface area contributed by atoms with Crippen LogP contribution in [0.5, 0.6) is 0 Å². The van der Waals surface area contributed by atoms with Gasteiger partial charge in [-0.05, 0) is 56.5 Å². The molecule has 2 aliphatic heterocycles. The number of nitrogens with zero attached hydrogens (tertiary/aromatic N) is 5. The topological polar surface area (TPSA) is 108 Å². The zero-order valence-electron chi connectivity index (χ0n) is 22.9. The number of nitro groups is 1. The maximum atomic E-state index is 14.1. The molecule has 0 aromatic heterocycles. The number of anilines is 2. The van der Waals surface area contributed by atoms with Gasteiger partial charge < -0.3 is 0 Å². The first-order valence-electron chi connectivity index (χ1n) is 13.4. The predicted molar refractivity (Wildman–Crippen MR) is 156 cm³/mol. The molecule has 3 aromatic carbocycles. The quantitative estimate of drug-likeness (QED) is 0.253. The second-order valence-electron chi connectivity index (χ2n) is 10.2. The summed E-state index contributed by atoms with van der Waals surface area (Å²) in [6, 6.07) is 21.2. The Bertz CT molecular complexity index is 1420. The first kappa shape index (κ1) is 26.9.